The van der Waals surface area contributed by atoms with Crippen molar-refractivity contribution in [3.8, 4) is 5.75 Å². The van der Waals surface area contributed by atoms with Crippen LogP contribution in [0.15, 0.2) is 66.4 Å². The maximum absolute atomic E-state index is 13.1. The molecule has 2 aromatic carbocycles. The molecule has 7 nitrogen and oxygen atoms in total. The minimum absolute atomic E-state index is 0.185. The topological polar surface area (TPSA) is 80.6 Å². The van der Waals surface area contributed by atoms with Gasteiger partial charge in [-0.3, -0.25) is 14.9 Å². The molecule has 0 atom stereocenters. The maximum Gasteiger partial charge on any atom is 0.335 e. The van der Waals surface area contributed by atoms with Gasteiger partial charge in [-0.25, -0.2) is 9.69 Å². The van der Waals surface area contributed by atoms with Gasteiger partial charge in [-0.2, -0.15) is 0 Å². The Morgan fingerprint density at radius 2 is 1.78 bits per heavy atom. The lowest BCUT2D eigenvalue weighted by Gasteiger charge is -2.26. The molecule has 1 fully saturated rings. The summed E-state index contributed by atoms with van der Waals surface area (Å²) in [7, 11) is 1.46. The van der Waals surface area contributed by atoms with E-state index in [4.69, 9.17) is 27.9 Å². The highest BCUT2D eigenvalue weighted by molar-refractivity contribution is 6.39. The van der Waals surface area contributed by atoms with Crippen molar-refractivity contribution in [3.05, 3.63) is 87.7 Å². The Morgan fingerprint density at radius 1 is 1.00 bits per heavy atom. The number of anilines is 1. The first-order valence-corrected chi connectivity index (χ1v) is 10.3. The number of methoxy groups -OCH3 is 1. The summed E-state index contributed by atoms with van der Waals surface area (Å²) in [4.78, 5) is 38.9. The first-order valence-electron chi connectivity index (χ1n) is 9.52. The number of nitrogens with one attached hydrogen (secondary N) is 1. The Labute approximate surface area is 193 Å². The van der Waals surface area contributed by atoms with Gasteiger partial charge >= 0.3 is 6.03 Å². The Morgan fingerprint density at radius 3 is 2.50 bits per heavy atom. The molecule has 0 saturated carbocycles. The van der Waals surface area contributed by atoms with Gasteiger partial charge in [0.2, 0.25) is 0 Å². The van der Waals surface area contributed by atoms with Crippen LogP contribution >= 0.6 is 23.2 Å². The predicted molar refractivity (Wildman–Crippen MR) is 122 cm³/mol. The lowest BCUT2D eigenvalue weighted by molar-refractivity contribution is -0.122. The van der Waals surface area contributed by atoms with Crippen molar-refractivity contribution >= 4 is 52.8 Å². The minimum atomic E-state index is -0.857. The second-order valence-electron chi connectivity index (χ2n) is 6.93. The summed E-state index contributed by atoms with van der Waals surface area (Å²) in [6, 6.07) is 14.6. The second-order valence-corrected chi connectivity index (χ2v) is 7.74. The standard InChI is InChI=1S/C23H17Cl2N3O4/c1-32-20-9-8-16(12-19(20)25)28-22(30)17(21(29)26-23(28)31)11-15-6-4-10-27(15)13-14-5-2-3-7-18(14)24/h2-12H,13H2,1H3,(H,26,29,31)/b17-11-. The molecular formula is C23H17Cl2N3O4. The number of aromatic nitrogens is 1. The fourth-order valence-electron chi connectivity index (χ4n) is 3.35. The molecule has 1 aliphatic rings. The number of nitrogens with zero attached hydrogens (tertiary/aromatic N) is 2. The number of carbonyl (C=O) groups is 3. The van der Waals surface area contributed by atoms with Crippen molar-refractivity contribution in [2.24, 2.45) is 0 Å². The lowest BCUT2D eigenvalue weighted by Crippen LogP contribution is -2.54. The number of carbonyl (C=O) groups excluding carboxylic acids is 3. The fourth-order valence-corrected chi connectivity index (χ4v) is 3.79. The van der Waals surface area contributed by atoms with E-state index >= 15 is 0 Å². The Kier molecular flexibility index (Phi) is 6.03. The third-order valence-corrected chi connectivity index (χ3v) is 5.61. The highest BCUT2D eigenvalue weighted by Crippen LogP contribution is 2.31. The van der Waals surface area contributed by atoms with Gasteiger partial charge < -0.3 is 9.30 Å². The van der Waals surface area contributed by atoms with Crippen molar-refractivity contribution in [2.45, 2.75) is 6.54 Å². The fraction of sp³-hybridized carbons (Fsp3) is 0.0870. The van der Waals surface area contributed by atoms with E-state index < -0.39 is 17.8 Å². The average Bonchev–Trinajstić information content (AvgIpc) is 3.19. The molecule has 4 rings (SSSR count). The van der Waals surface area contributed by atoms with Gasteiger partial charge in [-0.15, -0.1) is 0 Å². The van der Waals surface area contributed by atoms with Crippen LogP contribution in [0.3, 0.4) is 0 Å². The Hall–Kier alpha value is -3.55. The number of hydrogen-bond donors (Lipinski definition) is 1. The van der Waals surface area contributed by atoms with Crippen molar-refractivity contribution < 1.29 is 19.1 Å². The first-order chi connectivity index (χ1) is 15.4. The van der Waals surface area contributed by atoms with Crippen LogP contribution in [-0.2, 0) is 16.1 Å². The predicted octanol–water partition coefficient (Wildman–Crippen LogP) is 4.52. The minimum Gasteiger partial charge on any atom is -0.495 e. The number of halogens is 2. The van der Waals surface area contributed by atoms with E-state index in [1.165, 1.54) is 31.4 Å². The molecule has 0 unspecified atom stereocenters. The SMILES string of the molecule is COc1ccc(N2C(=O)NC(=O)/C(=C/c3cccn3Cc3ccccc3Cl)C2=O)cc1Cl. The third-order valence-electron chi connectivity index (χ3n) is 4.95. The average molecular weight is 470 g/mol. The van der Waals surface area contributed by atoms with Crippen LogP contribution in [0.25, 0.3) is 6.08 Å². The van der Waals surface area contributed by atoms with Crippen LogP contribution in [0.1, 0.15) is 11.3 Å². The van der Waals surface area contributed by atoms with Gasteiger partial charge in [-0.05, 0) is 48.0 Å². The molecule has 32 heavy (non-hydrogen) atoms. The van der Waals surface area contributed by atoms with Gasteiger partial charge in [0.05, 0.1) is 17.8 Å². The Bertz CT molecular complexity index is 1270. The molecule has 0 bridgehead atoms. The van der Waals surface area contributed by atoms with E-state index in [0.29, 0.717) is 23.0 Å². The molecule has 3 aromatic rings. The summed E-state index contributed by atoms with van der Waals surface area (Å²) in [5, 5.41) is 3.04. The molecule has 1 aliphatic heterocycles. The van der Waals surface area contributed by atoms with Crippen LogP contribution in [0.5, 0.6) is 5.75 Å². The number of benzene rings is 2. The molecule has 1 saturated heterocycles. The van der Waals surface area contributed by atoms with E-state index in [1.807, 2.05) is 29.0 Å². The second kappa shape index (κ2) is 8.90. The molecule has 1 N–H and O–H groups in total. The summed E-state index contributed by atoms with van der Waals surface area (Å²) in [5.74, 6) is -1.14. The number of ether oxygens (including phenoxy) is 1. The van der Waals surface area contributed by atoms with Crippen molar-refractivity contribution in [3.63, 3.8) is 0 Å². The molecule has 9 heteroatoms. The third kappa shape index (κ3) is 4.12. The zero-order chi connectivity index (χ0) is 22.8. The zero-order valence-electron chi connectivity index (χ0n) is 16.8. The number of barbiturate groups is 1. The van der Waals surface area contributed by atoms with E-state index in [9.17, 15) is 14.4 Å². The van der Waals surface area contributed by atoms with Crippen LogP contribution in [-0.4, -0.2) is 29.5 Å². The van der Waals surface area contributed by atoms with Gasteiger partial charge in [0.15, 0.2) is 0 Å². The van der Waals surface area contributed by atoms with E-state index in [2.05, 4.69) is 5.32 Å². The van der Waals surface area contributed by atoms with Crippen LogP contribution in [0.2, 0.25) is 10.0 Å². The summed E-state index contributed by atoms with van der Waals surface area (Å²) in [6.45, 7) is 0.443. The van der Waals surface area contributed by atoms with E-state index in [-0.39, 0.29) is 16.3 Å². The van der Waals surface area contributed by atoms with Crippen molar-refractivity contribution in [1.29, 1.82) is 0 Å². The summed E-state index contributed by atoms with van der Waals surface area (Å²) in [5.41, 5.74) is 1.51. The normalized spacial score (nSPS) is 15.3. The molecule has 0 radical (unpaired) electrons. The maximum atomic E-state index is 13.1. The number of urea groups is 1. The van der Waals surface area contributed by atoms with Crippen LogP contribution in [0.4, 0.5) is 10.5 Å². The van der Waals surface area contributed by atoms with Gasteiger partial charge in [-0.1, -0.05) is 41.4 Å². The molecule has 1 aromatic heterocycles. The molecule has 2 heterocycles. The van der Waals surface area contributed by atoms with Gasteiger partial charge in [0.1, 0.15) is 11.3 Å². The summed E-state index contributed by atoms with van der Waals surface area (Å²) < 4.78 is 6.95. The van der Waals surface area contributed by atoms with Gasteiger partial charge in [0.25, 0.3) is 11.8 Å². The number of imide groups is 2. The van der Waals surface area contributed by atoms with Crippen molar-refractivity contribution in [1.82, 2.24) is 9.88 Å². The quantitative estimate of drug-likeness (QED) is 0.439. The van der Waals surface area contributed by atoms with E-state index in [1.54, 1.807) is 18.2 Å². The first kappa shape index (κ1) is 21.7. The summed E-state index contributed by atoms with van der Waals surface area (Å²) in [6.07, 6.45) is 3.26. The van der Waals surface area contributed by atoms with Crippen LogP contribution in [0, 0.1) is 0 Å². The van der Waals surface area contributed by atoms with Crippen molar-refractivity contribution in [2.75, 3.05) is 12.0 Å². The molecular weight excluding hydrogens is 453 g/mol. The monoisotopic (exact) mass is 469 g/mol. The number of hydrogen-bond acceptors (Lipinski definition) is 4. The molecule has 0 aliphatic carbocycles. The molecule has 4 amide bonds. The lowest BCUT2D eigenvalue weighted by atomic mass is 10.1. The largest absolute Gasteiger partial charge is 0.495 e. The number of rotatable bonds is 5. The van der Waals surface area contributed by atoms with Gasteiger partial charge in [0, 0.05) is 23.5 Å². The smallest absolute Gasteiger partial charge is 0.335 e. The summed E-state index contributed by atoms with van der Waals surface area (Å²) >= 11 is 12.4. The Balaban J connectivity index is 1.68. The van der Waals surface area contributed by atoms with Crippen LogP contribution < -0.4 is 15.0 Å². The highest BCUT2D eigenvalue weighted by atomic mass is 35.5. The number of amides is 4. The van der Waals surface area contributed by atoms with E-state index in [0.717, 1.165) is 10.5 Å². The molecule has 162 valence electrons. The molecule has 0 spiro atoms. The highest BCUT2D eigenvalue weighted by Gasteiger charge is 2.37. The zero-order valence-corrected chi connectivity index (χ0v) is 18.4.